The number of nitrogens with one attached hydrogen (secondary N) is 1. The lowest BCUT2D eigenvalue weighted by Gasteiger charge is -2.14. The van der Waals surface area contributed by atoms with Gasteiger partial charge < -0.3 is 29.3 Å². The maximum Gasteiger partial charge on any atom is 0.356 e. The predicted molar refractivity (Wildman–Crippen MR) is 118 cm³/mol. The van der Waals surface area contributed by atoms with Crippen LogP contribution in [0.25, 0.3) is 0 Å². The van der Waals surface area contributed by atoms with Gasteiger partial charge in [-0.3, -0.25) is 4.57 Å². The summed E-state index contributed by atoms with van der Waals surface area (Å²) in [7, 11) is -4.29. The molecular formula is C21H23N2O6PS. The summed E-state index contributed by atoms with van der Waals surface area (Å²) in [5.74, 6) is 1.64. The molecule has 31 heavy (non-hydrogen) atoms. The molecule has 2 heterocycles. The Morgan fingerprint density at radius 3 is 2.45 bits per heavy atom. The van der Waals surface area contributed by atoms with Gasteiger partial charge in [0.15, 0.2) is 11.4 Å². The van der Waals surface area contributed by atoms with E-state index < -0.39 is 7.60 Å². The van der Waals surface area contributed by atoms with E-state index >= 15 is 0 Å². The Hall–Kier alpha value is -2.42. The number of hydrogen-bond acceptors (Lipinski definition) is 7. The molecule has 2 unspecified atom stereocenters. The molecule has 1 saturated heterocycles. The van der Waals surface area contributed by atoms with Gasteiger partial charge in [-0.2, -0.15) is 0 Å². The van der Waals surface area contributed by atoms with Crippen molar-refractivity contribution in [3.05, 3.63) is 59.1 Å². The Balaban J connectivity index is 1.53. The molecular weight excluding hydrogens is 439 g/mol. The average molecular weight is 462 g/mol. The van der Waals surface area contributed by atoms with Crippen molar-refractivity contribution in [3.8, 4) is 17.2 Å². The molecule has 3 aromatic rings. The molecule has 1 fully saturated rings. The Labute approximate surface area is 184 Å². The normalized spacial score (nSPS) is 18.1. The van der Waals surface area contributed by atoms with E-state index in [1.54, 1.807) is 6.07 Å². The summed E-state index contributed by atoms with van der Waals surface area (Å²) in [4.78, 5) is 22.9. The molecule has 0 saturated carbocycles. The van der Waals surface area contributed by atoms with Crippen LogP contribution in [0.3, 0.4) is 0 Å². The standard InChI is InChI=1S/C21H23N2O6PS/c1-12(2)27-16-8-14(19-20(29-19)23-21-22-13(3)11-31-21)9-17(10-16)28-15-4-6-18(7-5-15)30(24,25)26/h4-12,19-20H,1-3H3,(H,22,23)(H2,24,25,26). The van der Waals surface area contributed by atoms with Gasteiger partial charge in [-0.15, -0.1) is 11.3 Å². The first-order valence-corrected chi connectivity index (χ1v) is 12.2. The van der Waals surface area contributed by atoms with E-state index in [9.17, 15) is 14.4 Å². The lowest BCUT2D eigenvalue weighted by molar-refractivity contribution is 0.241. The van der Waals surface area contributed by atoms with Crippen LogP contribution in [0.5, 0.6) is 17.2 Å². The van der Waals surface area contributed by atoms with E-state index in [4.69, 9.17) is 14.2 Å². The highest BCUT2D eigenvalue weighted by Crippen LogP contribution is 2.43. The fraction of sp³-hybridized carbons (Fsp3) is 0.286. The van der Waals surface area contributed by atoms with Crippen molar-refractivity contribution in [1.82, 2.24) is 4.98 Å². The third kappa shape index (κ3) is 5.64. The highest BCUT2D eigenvalue weighted by molar-refractivity contribution is 7.60. The van der Waals surface area contributed by atoms with Gasteiger partial charge in [0.2, 0.25) is 0 Å². The summed E-state index contributed by atoms with van der Waals surface area (Å²) in [6.45, 7) is 5.82. The number of aromatic nitrogens is 1. The van der Waals surface area contributed by atoms with E-state index in [1.807, 2.05) is 38.3 Å². The molecule has 0 radical (unpaired) electrons. The number of aryl methyl sites for hydroxylation is 1. The van der Waals surface area contributed by atoms with Crippen LogP contribution in [-0.4, -0.2) is 27.1 Å². The quantitative estimate of drug-likeness (QED) is 0.335. The Morgan fingerprint density at radius 1 is 1.13 bits per heavy atom. The molecule has 164 valence electrons. The topological polar surface area (TPSA) is 113 Å². The molecule has 1 aliphatic rings. The molecule has 0 amide bonds. The van der Waals surface area contributed by atoms with Gasteiger partial charge >= 0.3 is 7.60 Å². The first-order valence-electron chi connectivity index (χ1n) is 9.67. The second kappa shape index (κ2) is 8.61. The number of thiazole rings is 1. The van der Waals surface area contributed by atoms with Crippen LogP contribution >= 0.6 is 18.9 Å². The number of hydrogen-bond donors (Lipinski definition) is 3. The maximum atomic E-state index is 11.4. The average Bonchev–Trinajstić information content (AvgIpc) is 3.32. The first-order chi connectivity index (χ1) is 14.7. The molecule has 4 rings (SSSR count). The SMILES string of the molecule is Cc1csc(NC2OC2c2cc(Oc3ccc(P(=O)(O)O)cc3)cc(OC(C)C)c2)n1. The zero-order valence-corrected chi connectivity index (χ0v) is 18.9. The van der Waals surface area contributed by atoms with E-state index in [2.05, 4.69) is 10.3 Å². The zero-order valence-electron chi connectivity index (χ0n) is 17.2. The van der Waals surface area contributed by atoms with Crippen molar-refractivity contribution in [3.63, 3.8) is 0 Å². The second-order valence-corrected chi connectivity index (χ2v) is 9.92. The summed E-state index contributed by atoms with van der Waals surface area (Å²) in [6.07, 6.45) is -0.368. The van der Waals surface area contributed by atoms with Gasteiger partial charge in [0, 0.05) is 11.4 Å². The van der Waals surface area contributed by atoms with Gasteiger partial charge in [-0.25, -0.2) is 4.98 Å². The van der Waals surface area contributed by atoms with E-state index in [-0.39, 0.29) is 23.7 Å². The predicted octanol–water partition coefficient (Wildman–Crippen LogP) is 4.34. The van der Waals surface area contributed by atoms with Crippen LogP contribution in [0.15, 0.2) is 47.8 Å². The maximum absolute atomic E-state index is 11.4. The smallest absolute Gasteiger partial charge is 0.356 e. The summed E-state index contributed by atoms with van der Waals surface area (Å²) in [6, 6.07) is 11.3. The third-order valence-electron chi connectivity index (χ3n) is 4.39. The first kappa shape index (κ1) is 21.8. The number of nitrogens with zero attached hydrogens (tertiary/aromatic N) is 1. The van der Waals surface area contributed by atoms with Gasteiger partial charge in [0.1, 0.15) is 23.4 Å². The molecule has 0 spiro atoms. The van der Waals surface area contributed by atoms with Gasteiger partial charge in [0.25, 0.3) is 0 Å². The molecule has 1 aliphatic heterocycles. The highest BCUT2D eigenvalue weighted by Gasteiger charge is 2.41. The third-order valence-corrected chi connectivity index (χ3v) is 6.25. The fourth-order valence-corrected chi connectivity index (χ4v) is 4.27. The van der Waals surface area contributed by atoms with Crippen LogP contribution in [0.4, 0.5) is 5.13 Å². The van der Waals surface area contributed by atoms with E-state index in [0.29, 0.717) is 17.2 Å². The van der Waals surface area contributed by atoms with E-state index in [1.165, 1.54) is 35.6 Å². The largest absolute Gasteiger partial charge is 0.491 e. The number of benzene rings is 2. The number of epoxide rings is 1. The zero-order chi connectivity index (χ0) is 22.2. The van der Waals surface area contributed by atoms with Gasteiger partial charge in [0.05, 0.1) is 17.1 Å². The van der Waals surface area contributed by atoms with E-state index in [0.717, 1.165) is 16.4 Å². The summed E-state index contributed by atoms with van der Waals surface area (Å²) < 4.78 is 28.9. The molecule has 0 aliphatic carbocycles. The minimum atomic E-state index is -4.29. The highest BCUT2D eigenvalue weighted by atomic mass is 32.1. The molecule has 2 atom stereocenters. The van der Waals surface area contributed by atoms with Gasteiger partial charge in [-0.05, 0) is 62.7 Å². The van der Waals surface area contributed by atoms with Crippen LogP contribution in [0.1, 0.15) is 31.2 Å². The van der Waals surface area contributed by atoms with Crippen molar-refractivity contribution in [2.45, 2.75) is 39.2 Å². The summed E-state index contributed by atoms with van der Waals surface area (Å²) in [5.41, 5.74) is 1.85. The van der Waals surface area contributed by atoms with Crippen molar-refractivity contribution in [2.24, 2.45) is 0 Å². The van der Waals surface area contributed by atoms with Crippen LogP contribution in [0, 0.1) is 6.92 Å². The molecule has 1 aromatic heterocycles. The van der Waals surface area contributed by atoms with Crippen molar-refractivity contribution < 1.29 is 28.6 Å². The minimum Gasteiger partial charge on any atom is -0.491 e. The molecule has 10 heteroatoms. The number of anilines is 1. The van der Waals surface area contributed by atoms with Crippen LogP contribution in [0.2, 0.25) is 0 Å². The summed E-state index contributed by atoms with van der Waals surface area (Å²) >= 11 is 1.53. The second-order valence-electron chi connectivity index (χ2n) is 7.46. The Bertz CT molecular complexity index is 1110. The molecule has 8 nitrogen and oxygen atoms in total. The lowest BCUT2D eigenvalue weighted by atomic mass is 10.1. The molecule has 0 bridgehead atoms. The molecule has 2 aromatic carbocycles. The fourth-order valence-electron chi connectivity index (χ4n) is 3.02. The van der Waals surface area contributed by atoms with Crippen LogP contribution in [-0.2, 0) is 9.30 Å². The molecule has 3 N–H and O–H groups in total. The number of rotatable bonds is 8. The van der Waals surface area contributed by atoms with Crippen molar-refractivity contribution in [1.29, 1.82) is 0 Å². The van der Waals surface area contributed by atoms with Crippen molar-refractivity contribution >= 4 is 29.4 Å². The Morgan fingerprint density at radius 2 is 1.84 bits per heavy atom. The minimum absolute atomic E-state index is 0.0158. The Kier molecular flexibility index (Phi) is 6.05. The lowest BCUT2D eigenvalue weighted by Crippen LogP contribution is -2.07. The summed E-state index contributed by atoms with van der Waals surface area (Å²) in [5, 5.41) is 5.98. The number of ether oxygens (including phenoxy) is 3. The van der Waals surface area contributed by atoms with Gasteiger partial charge in [-0.1, -0.05) is 0 Å². The van der Waals surface area contributed by atoms with Crippen molar-refractivity contribution in [2.75, 3.05) is 5.32 Å². The van der Waals surface area contributed by atoms with Crippen LogP contribution < -0.4 is 20.1 Å². The monoisotopic (exact) mass is 462 g/mol.